The van der Waals surface area contributed by atoms with Gasteiger partial charge in [-0.2, -0.15) is 0 Å². The number of anilines is 1. The smallest absolute Gasteiger partial charge is 0.341 e. The molecule has 2 amide bonds. The van der Waals surface area contributed by atoms with Crippen LogP contribution < -0.4 is 5.32 Å². The Balaban J connectivity index is 1.59. The molecule has 7 heteroatoms. The number of amides is 2. The van der Waals surface area contributed by atoms with E-state index in [2.05, 4.69) is 5.32 Å². The maximum atomic E-state index is 12.9. The Morgan fingerprint density at radius 1 is 1.00 bits per heavy atom. The van der Waals surface area contributed by atoms with Crippen molar-refractivity contribution in [3.8, 4) is 11.1 Å². The average molecular weight is 435 g/mol. The van der Waals surface area contributed by atoms with Crippen LogP contribution in [0.5, 0.6) is 0 Å². The van der Waals surface area contributed by atoms with Crippen molar-refractivity contribution in [3.63, 3.8) is 0 Å². The van der Waals surface area contributed by atoms with Crippen LogP contribution in [-0.4, -0.2) is 36.3 Å². The number of esters is 1. The summed E-state index contributed by atoms with van der Waals surface area (Å²) in [5.41, 5.74) is 3.82. The minimum Gasteiger partial charge on any atom is -0.465 e. The van der Waals surface area contributed by atoms with Gasteiger partial charge in [0.15, 0.2) is 0 Å². The Morgan fingerprint density at radius 2 is 1.68 bits per heavy atom. The first kappa shape index (κ1) is 20.8. The normalized spacial score (nSPS) is 12.8. The standard InChI is InChI=1S/C24H22N2O4S/c1-15(27)26-13-12-19-20(14-26)31-23(21(19)24(29)30-2)25-22(28)18-10-8-17(9-11-18)16-6-4-3-5-7-16/h3-11H,12-14H2,1-2H3,(H,25,28). The predicted octanol–water partition coefficient (Wildman–Crippen LogP) is 4.36. The number of carbonyl (C=O) groups excluding carboxylic acids is 3. The number of nitrogens with one attached hydrogen (secondary N) is 1. The van der Waals surface area contributed by atoms with E-state index in [1.54, 1.807) is 17.0 Å². The number of carbonyl (C=O) groups is 3. The van der Waals surface area contributed by atoms with Crippen LogP contribution in [-0.2, 0) is 22.5 Å². The van der Waals surface area contributed by atoms with Crippen LogP contribution in [0.1, 0.15) is 38.1 Å². The van der Waals surface area contributed by atoms with Crippen molar-refractivity contribution in [3.05, 3.63) is 76.2 Å². The van der Waals surface area contributed by atoms with E-state index in [1.807, 2.05) is 42.5 Å². The van der Waals surface area contributed by atoms with Crippen LogP contribution in [0.2, 0.25) is 0 Å². The first-order valence-corrected chi connectivity index (χ1v) is 10.7. The summed E-state index contributed by atoms with van der Waals surface area (Å²) in [6, 6.07) is 17.2. The summed E-state index contributed by atoms with van der Waals surface area (Å²) in [5.74, 6) is -0.793. The fourth-order valence-electron chi connectivity index (χ4n) is 3.70. The number of thiophene rings is 1. The highest BCUT2D eigenvalue weighted by molar-refractivity contribution is 7.17. The molecule has 158 valence electrons. The lowest BCUT2D eigenvalue weighted by Crippen LogP contribution is -2.33. The second kappa shape index (κ2) is 8.73. The molecule has 0 fully saturated rings. The van der Waals surface area contributed by atoms with Crippen LogP contribution in [0.4, 0.5) is 5.00 Å². The van der Waals surface area contributed by atoms with Gasteiger partial charge in [0, 0.05) is 23.9 Å². The van der Waals surface area contributed by atoms with Gasteiger partial charge in [-0.25, -0.2) is 4.79 Å². The van der Waals surface area contributed by atoms with Gasteiger partial charge in [-0.1, -0.05) is 42.5 Å². The van der Waals surface area contributed by atoms with Crippen LogP contribution in [0.3, 0.4) is 0 Å². The van der Waals surface area contributed by atoms with Crippen molar-refractivity contribution >= 4 is 34.1 Å². The molecule has 0 saturated carbocycles. The summed E-state index contributed by atoms with van der Waals surface area (Å²) < 4.78 is 4.96. The molecule has 1 N–H and O–H groups in total. The molecule has 0 spiro atoms. The van der Waals surface area contributed by atoms with Crippen LogP contribution in [0.25, 0.3) is 11.1 Å². The number of fused-ring (bicyclic) bond motifs is 1. The zero-order valence-corrected chi connectivity index (χ0v) is 18.1. The topological polar surface area (TPSA) is 75.7 Å². The van der Waals surface area contributed by atoms with Gasteiger partial charge in [-0.05, 0) is 35.2 Å². The fourth-order valence-corrected chi connectivity index (χ4v) is 4.94. The van der Waals surface area contributed by atoms with Crippen molar-refractivity contribution in [2.75, 3.05) is 19.0 Å². The van der Waals surface area contributed by atoms with Gasteiger partial charge in [-0.3, -0.25) is 9.59 Å². The summed E-state index contributed by atoms with van der Waals surface area (Å²) in [4.78, 5) is 39.7. The highest BCUT2D eigenvalue weighted by Crippen LogP contribution is 2.38. The molecule has 2 heterocycles. The van der Waals surface area contributed by atoms with Gasteiger partial charge in [-0.15, -0.1) is 11.3 Å². The minimum absolute atomic E-state index is 0.0113. The van der Waals surface area contributed by atoms with Gasteiger partial charge < -0.3 is 15.0 Å². The molecule has 31 heavy (non-hydrogen) atoms. The first-order valence-electron chi connectivity index (χ1n) is 9.93. The molecule has 1 aliphatic rings. The molecule has 0 atom stereocenters. The number of benzene rings is 2. The summed E-state index contributed by atoms with van der Waals surface area (Å²) >= 11 is 1.32. The third kappa shape index (κ3) is 4.22. The van der Waals surface area contributed by atoms with E-state index in [9.17, 15) is 14.4 Å². The van der Waals surface area contributed by atoms with Crippen molar-refractivity contribution in [1.82, 2.24) is 4.90 Å². The van der Waals surface area contributed by atoms with Crippen molar-refractivity contribution in [1.29, 1.82) is 0 Å². The van der Waals surface area contributed by atoms with Crippen LogP contribution in [0.15, 0.2) is 54.6 Å². The molecule has 0 saturated heterocycles. The maximum absolute atomic E-state index is 12.9. The molecule has 2 aromatic carbocycles. The Hall–Kier alpha value is -3.45. The number of hydrogen-bond donors (Lipinski definition) is 1. The van der Waals surface area contributed by atoms with E-state index < -0.39 is 5.97 Å². The summed E-state index contributed by atoms with van der Waals surface area (Å²) in [6.45, 7) is 2.50. The van der Waals surface area contributed by atoms with E-state index in [0.717, 1.165) is 21.6 Å². The van der Waals surface area contributed by atoms with E-state index >= 15 is 0 Å². The average Bonchev–Trinajstić information content (AvgIpc) is 3.16. The third-order valence-corrected chi connectivity index (χ3v) is 6.51. The van der Waals surface area contributed by atoms with E-state index in [1.165, 1.54) is 25.4 Å². The van der Waals surface area contributed by atoms with Crippen LogP contribution >= 0.6 is 11.3 Å². The quantitative estimate of drug-likeness (QED) is 0.619. The monoisotopic (exact) mass is 434 g/mol. The Bertz CT molecular complexity index is 1140. The molecule has 3 aromatic rings. The molecule has 4 rings (SSSR count). The zero-order valence-electron chi connectivity index (χ0n) is 17.3. The van der Waals surface area contributed by atoms with Crippen molar-refractivity contribution in [2.24, 2.45) is 0 Å². The maximum Gasteiger partial charge on any atom is 0.341 e. The Morgan fingerprint density at radius 3 is 2.32 bits per heavy atom. The van der Waals surface area contributed by atoms with Crippen LogP contribution in [0, 0.1) is 0 Å². The largest absolute Gasteiger partial charge is 0.465 e. The second-order valence-electron chi connectivity index (χ2n) is 7.29. The molecule has 0 aliphatic carbocycles. The number of rotatable bonds is 4. The molecule has 0 unspecified atom stereocenters. The Kier molecular flexibility index (Phi) is 5.86. The lowest BCUT2D eigenvalue weighted by atomic mass is 10.0. The number of methoxy groups -OCH3 is 1. The van der Waals surface area contributed by atoms with Gasteiger partial charge in [0.25, 0.3) is 5.91 Å². The summed E-state index contributed by atoms with van der Waals surface area (Å²) in [7, 11) is 1.32. The summed E-state index contributed by atoms with van der Waals surface area (Å²) in [5, 5.41) is 3.34. The lowest BCUT2D eigenvalue weighted by Gasteiger charge is -2.25. The zero-order chi connectivity index (χ0) is 22.0. The van der Waals surface area contributed by atoms with E-state index in [4.69, 9.17) is 4.74 Å². The summed E-state index contributed by atoms with van der Waals surface area (Å²) in [6.07, 6.45) is 0.553. The Labute approximate surface area is 184 Å². The molecule has 1 aliphatic heterocycles. The molecular formula is C24H22N2O4S. The van der Waals surface area contributed by atoms with Gasteiger partial charge in [0.2, 0.25) is 5.91 Å². The van der Waals surface area contributed by atoms with E-state index in [-0.39, 0.29) is 11.8 Å². The van der Waals surface area contributed by atoms with Gasteiger partial charge >= 0.3 is 5.97 Å². The number of hydrogen-bond acceptors (Lipinski definition) is 5. The van der Waals surface area contributed by atoms with E-state index in [0.29, 0.717) is 35.6 Å². The molecule has 6 nitrogen and oxygen atoms in total. The molecular weight excluding hydrogens is 412 g/mol. The minimum atomic E-state index is -0.483. The molecule has 0 radical (unpaired) electrons. The molecule has 0 bridgehead atoms. The molecule has 1 aromatic heterocycles. The fraction of sp³-hybridized carbons (Fsp3) is 0.208. The SMILES string of the molecule is COC(=O)c1c(NC(=O)c2ccc(-c3ccccc3)cc2)sc2c1CCN(C(C)=O)C2. The first-order chi connectivity index (χ1) is 15.0. The third-order valence-electron chi connectivity index (χ3n) is 5.37. The predicted molar refractivity (Wildman–Crippen MR) is 120 cm³/mol. The highest BCUT2D eigenvalue weighted by Gasteiger charge is 2.30. The van der Waals surface area contributed by atoms with Crippen molar-refractivity contribution < 1.29 is 19.1 Å². The number of ether oxygens (including phenoxy) is 1. The lowest BCUT2D eigenvalue weighted by molar-refractivity contribution is -0.129. The van der Waals surface area contributed by atoms with Gasteiger partial charge in [0.05, 0.1) is 19.2 Å². The number of nitrogens with zero attached hydrogens (tertiary/aromatic N) is 1. The second-order valence-corrected chi connectivity index (χ2v) is 8.39. The highest BCUT2D eigenvalue weighted by atomic mass is 32.1. The van der Waals surface area contributed by atoms with Gasteiger partial charge in [0.1, 0.15) is 5.00 Å². The van der Waals surface area contributed by atoms with Crippen molar-refractivity contribution in [2.45, 2.75) is 19.9 Å².